The minimum Gasteiger partial charge on any atom is -0.348 e. The van der Waals surface area contributed by atoms with Gasteiger partial charge in [0.2, 0.25) is 15.9 Å². The summed E-state index contributed by atoms with van der Waals surface area (Å²) >= 11 is 1.32. The number of fused-ring (bicyclic) bond motifs is 1. The average molecular weight is 420 g/mol. The van der Waals surface area contributed by atoms with Crippen molar-refractivity contribution in [3.63, 3.8) is 0 Å². The van der Waals surface area contributed by atoms with Gasteiger partial charge in [0.1, 0.15) is 4.90 Å². The first-order valence-corrected chi connectivity index (χ1v) is 11.5. The topological polar surface area (TPSA) is 79.4 Å². The molecule has 0 bridgehead atoms. The van der Waals surface area contributed by atoms with Crippen molar-refractivity contribution in [2.45, 2.75) is 47.4 Å². The Hall–Kier alpha value is -1.90. The third kappa shape index (κ3) is 4.56. The van der Waals surface area contributed by atoms with E-state index in [9.17, 15) is 13.2 Å². The van der Waals surface area contributed by atoms with Gasteiger partial charge in [-0.1, -0.05) is 36.0 Å². The average Bonchev–Trinajstić information content (AvgIpc) is 2.68. The van der Waals surface area contributed by atoms with Crippen molar-refractivity contribution in [3.8, 4) is 0 Å². The number of thioether (sulfide) groups is 1. The number of hydrogen-bond acceptors (Lipinski definition) is 5. The number of sulfonamides is 1. The third-order valence-corrected chi connectivity index (χ3v) is 7.69. The summed E-state index contributed by atoms with van der Waals surface area (Å²) in [5.41, 5.74) is 2.51. The molecule has 6 nitrogen and oxygen atoms in total. The predicted octanol–water partition coefficient (Wildman–Crippen LogP) is 3.01. The van der Waals surface area contributed by atoms with E-state index in [4.69, 9.17) is 0 Å². The first-order valence-electron chi connectivity index (χ1n) is 9.22. The SMILES string of the molecule is C[C@H](Sc1ccc(S(=O)(=O)N(C)C)cn1)C(=O)N[C@H]1CCCc2ccccc21. The number of carbonyl (C=O) groups excluding carboxylic acids is 1. The molecular weight excluding hydrogens is 394 g/mol. The molecule has 1 aromatic carbocycles. The third-order valence-electron chi connectivity index (χ3n) is 4.84. The van der Waals surface area contributed by atoms with Crippen molar-refractivity contribution in [1.29, 1.82) is 0 Å². The number of nitrogens with zero attached hydrogens (tertiary/aromatic N) is 2. The summed E-state index contributed by atoms with van der Waals surface area (Å²) in [6.45, 7) is 1.83. The number of aromatic nitrogens is 1. The van der Waals surface area contributed by atoms with E-state index in [0.717, 1.165) is 23.6 Å². The lowest BCUT2D eigenvalue weighted by Gasteiger charge is -2.27. The molecule has 1 aliphatic carbocycles. The molecule has 1 heterocycles. The Morgan fingerprint density at radius 1 is 1.25 bits per heavy atom. The molecule has 0 spiro atoms. The fourth-order valence-electron chi connectivity index (χ4n) is 3.23. The molecule has 0 radical (unpaired) electrons. The highest BCUT2D eigenvalue weighted by molar-refractivity contribution is 8.00. The van der Waals surface area contributed by atoms with E-state index >= 15 is 0 Å². The molecule has 0 saturated heterocycles. The first kappa shape index (κ1) is 20.8. The Bertz CT molecular complexity index is 943. The lowest BCUT2D eigenvalue weighted by Crippen LogP contribution is -2.35. The number of benzene rings is 1. The van der Waals surface area contributed by atoms with Crippen LogP contribution in [0.1, 0.15) is 36.9 Å². The van der Waals surface area contributed by atoms with Gasteiger partial charge in [0.25, 0.3) is 0 Å². The lowest BCUT2D eigenvalue weighted by atomic mass is 9.88. The zero-order valence-electron chi connectivity index (χ0n) is 16.3. The summed E-state index contributed by atoms with van der Waals surface area (Å²) in [4.78, 5) is 17.0. The van der Waals surface area contributed by atoms with E-state index in [0.29, 0.717) is 5.03 Å². The van der Waals surface area contributed by atoms with Crippen LogP contribution in [0.3, 0.4) is 0 Å². The molecule has 3 rings (SSSR count). The molecule has 0 fully saturated rings. The molecule has 1 aromatic heterocycles. The maximum atomic E-state index is 12.7. The highest BCUT2D eigenvalue weighted by Crippen LogP contribution is 2.30. The van der Waals surface area contributed by atoms with Gasteiger partial charge in [0, 0.05) is 20.3 Å². The quantitative estimate of drug-likeness (QED) is 0.728. The molecule has 2 aromatic rings. The van der Waals surface area contributed by atoms with Gasteiger partial charge in [-0.25, -0.2) is 17.7 Å². The molecule has 28 heavy (non-hydrogen) atoms. The van der Waals surface area contributed by atoms with Crippen molar-refractivity contribution in [3.05, 3.63) is 53.7 Å². The van der Waals surface area contributed by atoms with E-state index in [-0.39, 0.29) is 22.1 Å². The highest BCUT2D eigenvalue weighted by Gasteiger charge is 2.24. The van der Waals surface area contributed by atoms with Gasteiger partial charge in [-0.3, -0.25) is 4.79 Å². The summed E-state index contributed by atoms with van der Waals surface area (Å²) in [5.74, 6) is -0.0431. The van der Waals surface area contributed by atoms with Crippen LogP contribution in [0.15, 0.2) is 52.5 Å². The maximum absolute atomic E-state index is 12.7. The van der Waals surface area contributed by atoms with Crippen LogP contribution in [0.2, 0.25) is 0 Å². The fourth-order valence-corrected chi connectivity index (χ4v) is 4.87. The van der Waals surface area contributed by atoms with E-state index in [1.165, 1.54) is 49.2 Å². The van der Waals surface area contributed by atoms with Crippen LogP contribution >= 0.6 is 11.8 Å². The predicted molar refractivity (Wildman–Crippen MR) is 111 cm³/mol. The van der Waals surface area contributed by atoms with Gasteiger partial charge in [-0.2, -0.15) is 0 Å². The molecule has 0 unspecified atom stereocenters. The van der Waals surface area contributed by atoms with E-state index in [1.807, 2.05) is 19.1 Å². The van der Waals surface area contributed by atoms with Gasteiger partial charge in [-0.15, -0.1) is 0 Å². The summed E-state index contributed by atoms with van der Waals surface area (Å²) < 4.78 is 25.4. The second-order valence-corrected chi connectivity index (χ2v) is 10.5. The minimum absolute atomic E-state index is 0.0427. The normalized spacial score (nSPS) is 17.8. The highest BCUT2D eigenvalue weighted by atomic mass is 32.2. The first-order chi connectivity index (χ1) is 13.3. The molecule has 8 heteroatoms. The van der Waals surface area contributed by atoms with Crippen molar-refractivity contribution in [2.75, 3.05) is 14.1 Å². The molecule has 1 N–H and O–H groups in total. The summed E-state index contributed by atoms with van der Waals surface area (Å²) in [6.07, 6.45) is 4.39. The van der Waals surface area contributed by atoms with Crippen LogP contribution in [-0.4, -0.2) is 43.0 Å². The molecule has 0 aliphatic heterocycles. The van der Waals surface area contributed by atoms with Crippen molar-refractivity contribution in [1.82, 2.24) is 14.6 Å². The van der Waals surface area contributed by atoms with E-state index in [2.05, 4.69) is 22.4 Å². The number of aryl methyl sites for hydroxylation is 1. The van der Waals surface area contributed by atoms with E-state index < -0.39 is 10.0 Å². The van der Waals surface area contributed by atoms with Crippen LogP contribution in [-0.2, 0) is 21.2 Å². The standard InChI is InChI=1S/C20H25N3O3S2/c1-14(27-19-12-11-16(13-21-19)28(25,26)23(2)3)20(24)22-18-10-6-8-15-7-4-5-9-17(15)18/h4-5,7,9,11-14,18H,6,8,10H2,1-3H3,(H,22,24)/t14-,18-/m0/s1. The van der Waals surface area contributed by atoms with Gasteiger partial charge < -0.3 is 5.32 Å². The number of carbonyl (C=O) groups is 1. The van der Waals surface area contributed by atoms with Crippen molar-refractivity contribution in [2.24, 2.45) is 0 Å². The lowest BCUT2D eigenvalue weighted by molar-refractivity contribution is -0.121. The maximum Gasteiger partial charge on any atom is 0.244 e. The molecule has 0 saturated carbocycles. The van der Waals surface area contributed by atoms with Crippen molar-refractivity contribution >= 4 is 27.7 Å². The summed E-state index contributed by atoms with van der Waals surface area (Å²) in [5, 5.41) is 3.44. The second kappa shape index (κ2) is 8.63. The number of amides is 1. The van der Waals surface area contributed by atoms with Crippen LogP contribution in [0.4, 0.5) is 0 Å². The minimum atomic E-state index is -3.50. The molecule has 150 valence electrons. The Morgan fingerprint density at radius 2 is 2.00 bits per heavy atom. The molecule has 1 amide bonds. The van der Waals surface area contributed by atoms with Gasteiger partial charge in [-0.05, 0) is 49.4 Å². The molecule has 1 aliphatic rings. The van der Waals surface area contributed by atoms with Crippen LogP contribution in [0, 0.1) is 0 Å². The van der Waals surface area contributed by atoms with Gasteiger partial charge in [0.15, 0.2) is 0 Å². The number of nitrogens with one attached hydrogen (secondary N) is 1. The van der Waals surface area contributed by atoms with Gasteiger partial charge in [0.05, 0.1) is 16.3 Å². The van der Waals surface area contributed by atoms with Crippen LogP contribution in [0.5, 0.6) is 0 Å². The number of pyridine rings is 1. The molecule has 2 atom stereocenters. The van der Waals surface area contributed by atoms with Crippen LogP contribution < -0.4 is 5.32 Å². The monoisotopic (exact) mass is 419 g/mol. The summed E-state index contributed by atoms with van der Waals surface area (Å²) in [6, 6.07) is 11.5. The van der Waals surface area contributed by atoms with E-state index in [1.54, 1.807) is 6.07 Å². The molecular formula is C20H25N3O3S2. The van der Waals surface area contributed by atoms with Crippen molar-refractivity contribution < 1.29 is 13.2 Å². The van der Waals surface area contributed by atoms with Crippen LogP contribution in [0.25, 0.3) is 0 Å². The smallest absolute Gasteiger partial charge is 0.244 e. The zero-order chi connectivity index (χ0) is 20.3. The Labute approximate surface area is 170 Å². The summed E-state index contributed by atoms with van der Waals surface area (Å²) in [7, 11) is -0.544. The Kier molecular flexibility index (Phi) is 6.42. The second-order valence-electron chi connectivity index (χ2n) is 7.03. The zero-order valence-corrected chi connectivity index (χ0v) is 17.9. The Morgan fingerprint density at radius 3 is 2.68 bits per heavy atom. The number of hydrogen-bond donors (Lipinski definition) is 1. The Balaban J connectivity index is 1.64. The van der Waals surface area contributed by atoms with Gasteiger partial charge >= 0.3 is 0 Å². The number of rotatable bonds is 6. The largest absolute Gasteiger partial charge is 0.348 e. The fraction of sp³-hybridized carbons (Fsp3) is 0.400.